The van der Waals surface area contributed by atoms with Gasteiger partial charge in [-0.05, 0) is 12.8 Å². The van der Waals surface area contributed by atoms with E-state index < -0.39 is 5.97 Å². The van der Waals surface area contributed by atoms with E-state index in [9.17, 15) is 9.59 Å². The van der Waals surface area contributed by atoms with E-state index in [1.54, 1.807) is 0 Å². The number of rotatable bonds is 8. The molecule has 0 bridgehead atoms. The minimum Gasteiger partial charge on any atom is -0.481 e. The number of thioether (sulfide) groups is 1. The van der Waals surface area contributed by atoms with E-state index in [4.69, 9.17) is 11.5 Å². The van der Waals surface area contributed by atoms with Crippen molar-refractivity contribution in [3.63, 3.8) is 0 Å². The molecular formula is C11H13N3O3S2. The lowest BCUT2D eigenvalue weighted by Gasteiger charge is -1.99. The Labute approximate surface area is 119 Å². The van der Waals surface area contributed by atoms with Crippen LogP contribution >= 0.6 is 23.1 Å². The van der Waals surface area contributed by atoms with Gasteiger partial charge in [-0.2, -0.15) is 0 Å². The number of terminal acetylenes is 1. The number of aromatic nitrogens is 2. The highest BCUT2D eigenvalue weighted by molar-refractivity contribution is 8.01. The van der Waals surface area contributed by atoms with Gasteiger partial charge in [0.1, 0.15) is 0 Å². The van der Waals surface area contributed by atoms with Crippen LogP contribution in [0.25, 0.3) is 0 Å². The minimum absolute atomic E-state index is 0.0747. The highest BCUT2D eigenvalue weighted by atomic mass is 32.2. The Kier molecular flexibility index (Phi) is 6.92. The molecule has 8 heteroatoms. The van der Waals surface area contributed by atoms with Gasteiger partial charge in [-0.25, -0.2) is 0 Å². The van der Waals surface area contributed by atoms with Crippen LogP contribution in [0, 0.1) is 12.3 Å². The van der Waals surface area contributed by atoms with Gasteiger partial charge in [0.05, 0.1) is 5.75 Å². The monoisotopic (exact) mass is 299 g/mol. The summed E-state index contributed by atoms with van der Waals surface area (Å²) < 4.78 is 0.519. The number of carboxylic acid groups (broad SMARTS) is 1. The molecule has 0 saturated carbocycles. The molecule has 102 valence electrons. The standard InChI is InChI=1S/C11H13N3O3S2/c1-2-3-4-5-6-8(15)12-10-13-14-11(19-10)18-7-9(16)17/h1H,3-7H2,(H,16,17)(H,12,13,15). The summed E-state index contributed by atoms with van der Waals surface area (Å²) in [5.41, 5.74) is 0. The maximum atomic E-state index is 11.5. The summed E-state index contributed by atoms with van der Waals surface area (Å²) in [6.07, 6.45) is 7.72. The summed E-state index contributed by atoms with van der Waals surface area (Å²) >= 11 is 2.23. The molecule has 0 radical (unpaired) electrons. The third-order valence-electron chi connectivity index (χ3n) is 1.95. The molecule has 0 spiro atoms. The molecule has 2 N–H and O–H groups in total. The van der Waals surface area contributed by atoms with Crippen molar-refractivity contribution in [2.75, 3.05) is 11.1 Å². The van der Waals surface area contributed by atoms with Crippen molar-refractivity contribution in [1.82, 2.24) is 10.2 Å². The van der Waals surface area contributed by atoms with Crippen LogP contribution in [0.3, 0.4) is 0 Å². The number of carbonyl (C=O) groups excluding carboxylic acids is 1. The lowest BCUT2D eigenvalue weighted by atomic mass is 10.2. The van der Waals surface area contributed by atoms with Gasteiger partial charge in [0.25, 0.3) is 0 Å². The molecule has 1 aromatic heterocycles. The zero-order chi connectivity index (χ0) is 14.1. The molecule has 0 aliphatic heterocycles. The van der Waals surface area contributed by atoms with Gasteiger partial charge in [-0.3, -0.25) is 9.59 Å². The Morgan fingerprint density at radius 2 is 2.21 bits per heavy atom. The molecule has 1 amide bonds. The first-order valence-electron chi connectivity index (χ1n) is 5.53. The topological polar surface area (TPSA) is 92.2 Å². The van der Waals surface area contributed by atoms with E-state index in [0.717, 1.165) is 35.9 Å². The van der Waals surface area contributed by atoms with E-state index in [0.29, 0.717) is 22.3 Å². The number of carboxylic acids is 1. The second-order valence-corrected chi connectivity index (χ2v) is 5.71. The molecule has 0 fully saturated rings. The van der Waals surface area contributed by atoms with E-state index >= 15 is 0 Å². The van der Waals surface area contributed by atoms with Gasteiger partial charge in [0, 0.05) is 12.8 Å². The molecule has 0 saturated heterocycles. The van der Waals surface area contributed by atoms with Crippen molar-refractivity contribution in [2.45, 2.75) is 30.0 Å². The van der Waals surface area contributed by atoms with Crippen LogP contribution in [0.15, 0.2) is 4.34 Å². The molecule has 0 aromatic carbocycles. The molecule has 1 heterocycles. The fourth-order valence-corrected chi connectivity index (χ4v) is 2.62. The van der Waals surface area contributed by atoms with Crippen LogP contribution in [-0.2, 0) is 9.59 Å². The number of amides is 1. The molecular weight excluding hydrogens is 286 g/mol. The largest absolute Gasteiger partial charge is 0.481 e. The Hall–Kier alpha value is -1.59. The van der Waals surface area contributed by atoms with Crippen LogP contribution < -0.4 is 5.32 Å². The molecule has 1 aromatic rings. The Balaban J connectivity index is 2.30. The number of carbonyl (C=O) groups is 2. The number of nitrogens with one attached hydrogen (secondary N) is 1. The first-order chi connectivity index (χ1) is 9.11. The van der Waals surface area contributed by atoms with E-state index in [-0.39, 0.29) is 11.7 Å². The first kappa shape index (κ1) is 15.5. The van der Waals surface area contributed by atoms with Crippen LogP contribution in [0.2, 0.25) is 0 Å². The zero-order valence-corrected chi connectivity index (χ0v) is 11.7. The van der Waals surface area contributed by atoms with Crippen molar-refractivity contribution in [1.29, 1.82) is 0 Å². The first-order valence-corrected chi connectivity index (χ1v) is 7.33. The molecule has 0 aliphatic rings. The number of nitrogens with zero attached hydrogens (tertiary/aromatic N) is 2. The van der Waals surface area contributed by atoms with E-state index in [1.165, 1.54) is 0 Å². The zero-order valence-electron chi connectivity index (χ0n) is 10.1. The number of anilines is 1. The average Bonchev–Trinajstić information content (AvgIpc) is 2.80. The maximum absolute atomic E-state index is 11.5. The predicted octanol–water partition coefficient (Wildman–Crippen LogP) is 1.85. The van der Waals surface area contributed by atoms with Crippen molar-refractivity contribution in [3.05, 3.63) is 0 Å². The third-order valence-corrected chi connectivity index (χ3v) is 3.90. The fraction of sp³-hybridized carbons (Fsp3) is 0.455. The van der Waals surface area contributed by atoms with Crippen LogP contribution in [-0.4, -0.2) is 32.9 Å². The Bertz CT molecular complexity index is 482. The predicted molar refractivity (Wildman–Crippen MR) is 74.2 cm³/mol. The molecule has 6 nitrogen and oxygen atoms in total. The molecule has 19 heavy (non-hydrogen) atoms. The SMILES string of the molecule is C#CCCCCC(=O)Nc1nnc(SCC(=O)O)s1. The van der Waals surface area contributed by atoms with Crippen molar-refractivity contribution in [2.24, 2.45) is 0 Å². The highest BCUT2D eigenvalue weighted by Gasteiger charge is 2.09. The number of hydrogen-bond donors (Lipinski definition) is 2. The summed E-state index contributed by atoms with van der Waals surface area (Å²) in [6.45, 7) is 0. The van der Waals surface area contributed by atoms with Crippen LogP contribution in [0.4, 0.5) is 5.13 Å². The lowest BCUT2D eigenvalue weighted by molar-refractivity contribution is -0.133. The normalized spacial score (nSPS) is 9.84. The second-order valence-electron chi connectivity index (χ2n) is 3.51. The molecule has 0 unspecified atom stereocenters. The average molecular weight is 299 g/mol. The molecule has 1 rings (SSSR count). The second kappa shape index (κ2) is 8.50. The van der Waals surface area contributed by atoms with Crippen molar-refractivity contribution < 1.29 is 14.7 Å². The van der Waals surface area contributed by atoms with Gasteiger partial charge in [-0.15, -0.1) is 22.5 Å². The summed E-state index contributed by atoms with van der Waals surface area (Å²) in [4.78, 5) is 21.9. The van der Waals surface area contributed by atoms with Gasteiger partial charge < -0.3 is 10.4 Å². The van der Waals surface area contributed by atoms with Gasteiger partial charge >= 0.3 is 5.97 Å². The Morgan fingerprint density at radius 1 is 1.42 bits per heavy atom. The summed E-state index contributed by atoms with van der Waals surface area (Å²) in [7, 11) is 0. The molecule has 0 aliphatic carbocycles. The van der Waals surface area contributed by atoms with Gasteiger partial charge in [0.2, 0.25) is 11.0 Å². The smallest absolute Gasteiger partial charge is 0.313 e. The maximum Gasteiger partial charge on any atom is 0.313 e. The third kappa shape index (κ3) is 6.79. The van der Waals surface area contributed by atoms with E-state index in [1.807, 2.05) is 0 Å². The Morgan fingerprint density at radius 3 is 2.89 bits per heavy atom. The molecule has 0 atom stereocenters. The van der Waals surface area contributed by atoms with Crippen LogP contribution in [0.5, 0.6) is 0 Å². The number of hydrogen-bond acceptors (Lipinski definition) is 6. The summed E-state index contributed by atoms with van der Waals surface area (Å²) in [6, 6.07) is 0. The fourth-order valence-electron chi connectivity index (χ4n) is 1.14. The van der Waals surface area contributed by atoms with Crippen molar-refractivity contribution in [3.8, 4) is 12.3 Å². The van der Waals surface area contributed by atoms with Crippen LogP contribution in [0.1, 0.15) is 25.7 Å². The van der Waals surface area contributed by atoms with Crippen molar-refractivity contribution >= 4 is 40.1 Å². The van der Waals surface area contributed by atoms with E-state index in [2.05, 4.69) is 21.4 Å². The van der Waals surface area contributed by atoms with Gasteiger partial charge in [0.15, 0.2) is 4.34 Å². The minimum atomic E-state index is -0.917. The lowest BCUT2D eigenvalue weighted by Crippen LogP contribution is -2.10. The number of unbranched alkanes of at least 4 members (excludes halogenated alkanes) is 2. The summed E-state index contributed by atoms with van der Waals surface area (Å²) in [5.74, 6) is 1.39. The quantitative estimate of drug-likeness (QED) is 0.329. The van der Waals surface area contributed by atoms with Gasteiger partial charge in [-0.1, -0.05) is 23.1 Å². The highest BCUT2D eigenvalue weighted by Crippen LogP contribution is 2.25. The number of aliphatic carboxylic acids is 1. The summed E-state index contributed by atoms with van der Waals surface area (Å²) in [5, 5.41) is 19.1.